The molecule has 0 spiro atoms. The van der Waals surface area contributed by atoms with Crippen LogP contribution in [0.1, 0.15) is 6.42 Å². The van der Waals surface area contributed by atoms with Gasteiger partial charge in [0.15, 0.2) is 0 Å². The smallest absolute Gasteiger partial charge is 0.227 e. The van der Waals surface area contributed by atoms with Crippen LogP contribution in [0.3, 0.4) is 0 Å². The second kappa shape index (κ2) is 3.18. The van der Waals surface area contributed by atoms with Crippen molar-refractivity contribution in [3.05, 3.63) is 12.3 Å². The van der Waals surface area contributed by atoms with Gasteiger partial charge in [-0.2, -0.15) is 4.98 Å². The number of β-amino-alcohol motifs (C(OH)–C–C–N with tert-alkyl or cyclic N) is 1. The number of aliphatic hydroxyl groups excluding tert-OH is 1. The van der Waals surface area contributed by atoms with Crippen molar-refractivity contribution in [2.75, 3.05) is 23.7 Å². The summed E-state index contributed by atoms with van der Waals surface area (Å²) in [6.45, 7) is 1.40. The van der Waals surface area contributed by atoms with Crippen LogP contribution in [0.5, 0.6) is 0 Å². The summed E-state index contributed by atoms with van der Waals surface area (Å²) in [6, 6.07) is 1.65. The van der Waals surface area contributed by atoms with Crippen LogP contribution < -0.4 is 10.6 Å². The molecule has 0 bridgehead atoms. The molecule has 0 aromatic carbocycles. The number of anilines is 2. The van der Waals surface area contributed by atoms with Crippen molar-refractivity contribution in [1.82, 2.24) is 9.97 Å². The highest BCUT2D eigenvalue weighted by Crippen LogP contribution is 2.15. The Morgan fingerprint density at radius 3 is 3.08 bits per heavy atom. The van der Waals surface area contributed by atoms with Gasteiger partial charge in [0.1, 0.15) is 5.82 Å². The fourth-order valence-corrected chi connectivity index (χ4v) is 1.44. The summed E-state index contributed by atoms with van der Waals surface area (Å²) in [5.74, 6) is 1.07. The van der Waals surface area contributed by atoms with E-state index in [1.165, 1.54) is 0 Å². The summed E-state index contributed by atoms with van der Waals surface area (Å²) in [7, 11) is 0. The fraction of sp³-hybridized carbons (Fsp3) is 0.500. The molecular weight excluding hydrogens is 168 g/mol. The number of rotatable bonds is 1. The molecule has 0 radical (unpaired) electrons. The SMILES string of the molecule is Nc1ccnc(N2CCC(O)C2)n1. The molecule has 0 saturated carbocycles. The quantitative estimate of drug-likeness (QED) is 0.616. The van der Waals surface area contributed by atoms with E-state index in [2.05, 4.69) is 9.97 Å². The molecule has 1 unspecified atom stereocenters. The highest BCUT2D eigenvalue weighted by Gasteiger charge is 2.21. The van der Waals surface area contributed by atoms with Crippen LogP contribution in [0.2, 0.25) is 0 Å². The van der Waals surface area contributed by atoms with Gasteiger partial charge in [0.05, 0.1) is 6.10 Å². The summed E-state index contributed by atoms with van der Waals surface area (Å²) in [4.78, 5) is 10.1. The number of hydrogen-bond donors (Lipinski definition) is 2. The molecule has 1 fully saturated rings. The number of aliphatic hydroxyl groups is 1. The van der Waals surface area contributed by atoms with Crippen molar-refractivity contribution in [3.8, 4) is 0 Å². The third kappa shape index (κ3) is 1.70. The average molecular weight is 180 g/mol. The Morgan fingerprint density at radius 2 is 2.46 bits per heavy atom. The maximum Gasteiger partial charge on any atom is 0.227 e. The van der Waals surface area contributed by atoms with Crippen molar-refractivity contribution in [1.29, 1.82) is 0 Å². The summed E-state index contributed by atoms with van der Waals surface area (Å²) in [6.07, 6.45) is 2.14. The standard InChI is InChI=1S/C8H12N4O/c9-7-1-3-10-8(11-7)12-4-2-6(13)5-12/h1,3,6,13H,2,4-5H2,(H2,9,10,11). The van der Waals surface area contributed by atoms with Crippen molar-refractivity contribution < 1.29 is 5.11 Å². The van der Waals surface area contributed by atoms with Gasteiger partial charge >= 0.3 is 0 Å². The van der Waals surface area contributed by atoms with Gasteiger partial charge in [0, 0.05) is 19.3 Å². The Kier molecular flexibility index (Phi) is 2.02. The lowest BCUT2D eigenvalue weighted by Crippen LogP contribution is -2.23. The van der Waals surface area contributed by atoms with Crippen LogP contribution in [0.4, 0.5) is 11.8 Å². The number of nitrogens with zero attached hydrogens (tertiary/aromatic N) is 3. The predicted octanol–water partition coefficient (Wildman–Crippen LogP) is -0.370. The Bertz CT molecular complexity index is 304. The summed E-state index contributed by atoms with van der Waals surface area (Å²) < 4.78 is 0. The van der Waals surface area contributed by atoms with Gasteiger partial charge in [-0.05, 0) is 12.5 Å². The molecule has 1 saturated heterocycles. The third-order valence-electron chi connectivity index (χ3n) is 2.11. The van der Waals surface area contributed by atoms with E-state index in [1.54, 1.807) is 12.3 Å². The Labute approximate surface area is 76.2 Å². The topological polar surface area (TPSA) is 75.3 Å². The van der Waals surface area contributed by atoms with Crippen LogP contribution in [0.15, 0.2) is 12.3 Å². The van der Waals surface area contributed by atoms with Gasteiger partial charge in [-0.3, -0.25) is 0 Å². The fourth-order valence-electron chi connectivity index (χ4n) is 1.44. The zero-order chi connectivity index (χ0) is 9.26. The first-order valence-electron chi connectivity index (χ1n) is 4.27. The van der Waals surface area contributed by atoms with Crippen LogP contribution >= 0.6 is 0 Å². The lowest BCUT2D eigenvalue weighted by Gasteiger charge is -2.14. The van der Waals surface area contributed by atoms with E-state index in [-0.39, 0.29) is 6.10 Å². The molecule has 2 heterocycles. The molecule has 5 nitrogen and oxygen atoms in total. The van der Waals surface area contributed by atoms with Gasteiger partial charge in [0.25, 0.3) is 0 Å². The monoisotopic (exact) mass is 180 g/mol. The third-order valence-corrected chi connectivity index (χ3v) is 2.11. The zero-order valence-corrected chi connectivity index (χ0v) is 7.22. The molecule has 1 aliphatic rings. The van der Waals surface area contributed by atoms with Crippen LogP contribution in [-0.4, -0.2) is 34.3 Å². The minimum Gasteiger partial charge on any atom is -0.391 e. The highest BCUT2D eigenvalue weighted by molar-refractivity contribution is 5.38. The molecule has 1 aliphatic heterocycles. The van der Waals surface area contributed by atoms with Crippen molar-refractivity contribution >= 4 is 11.8 Å². The number of hydrogen-bond acceptors (Lipinski definition) is 5. The lowest BCUT2D eigenvalue weighted by atomic mass is 10.3. The average Bonchev–Trinajstić information content (AvgIpc) is 2.52. The molecular formula is C8H12N4O. The molecule has 5 heteroatoms. The summed E-state index contributed by atoms with van der Waals surface area (Å²) in [5.41, 5.74) is 5.52. The Hall–Kier alpha value is -1.36. The van der Waals surface area contributed by atoms with Gasteiger partial charge in [0.2, 0.25) is 5.95 Å². The van der Waals surface area contributed by atoms with E-state index < -0.39 is 0 Å². The second-order valence-corrected chi connectivity index (χ2v) is 3.17. The van der Waals surface area contributed by atoms with Crippen molar-refractivity contribution in [2.45, 2.75) is 12.5 Å². The van der Waals surface area contributed by atoms with E-state index in [4.69, 9.17) is 5.73 Å². The number of nitrogen functional groups attached to an aromatic ring is 1. The molecule has 1 aromatic rings. The van der Waals surface area contributed by atoms with Crippen LogP contribution in [0, 0.1) is 0 Å². The molecule has 70 valence electrons. The predicted molar refractivity (Wildman–Crippen MR) is 49.3 cm³/mol. The minimum atomic E-state index is -0.259. The van der Waals surface area contributed by atoms with E-state index in [1.807, 2.05) is 4.90 Å². The number of aromatic nitrogens is 2. The van der Waals surface area contributed by atoms with Gasteiger partial charge in [-0.15, -0.1) is 0 Å². The Balaban J connectivity index is 2.16. The minimum absolute atomic E-state index is 0.259. The summed E-state index contributed by atoms with van der Waals surface area (Å²) in [5, 5.41) is 9.30. The molecule has 3 N–H and O–H groups in total. The van der Waals surface area contributed by atoms with Gasteiger partial charge < -0.3 is 15.7 Å². The maximum absolute atomic E-state index is 9.30. The molecule has 0 aliphatic carbocycles. The van der Waals surface area contributed by atoms with Gasteiger partial charge in [-0.25, -0.2) is 4.98 Å². The second-order valence-electron chi connectivity index (χ2n) is 3.17. The zero-order valence-electron chi connectivity index (χ0n) is 7.22. The molecule has 1 atom stereocenters. The molecule has 13 heavy (non-hydrogen) atoms. The Morgan fingerprint density at radius 1 is 1.62 bits per heavy atom. The lowest BCUT2D eigenvalue weighted by molar-refractivity contribution is 0.198. The highest BCUT2D eigenvalue weighted by atomic mass is 16.3. The first-order valence-corrected chi connectivity index (χ1v) is 4.27. The number of nitrogens with two attached hydrogens (primary N) is 1. The van der Waals surface area contributed by atoms with Crippen molar-refractivity contribution in [2.24, 2.45) is 0 Å². The molecule has 1 aromatic heterocycles. The van der Waals surface area contributed by atoms with Crippen LogP contribution in [0.25, 0.3) is 0 Å². The van der Waals surface area contributed by atoms with Crippen LogP contribution in [-0.2, 0) is 0 Å². The van der Waals surface area contributed by atoms with E-state index in [9.17, 15) is 5.11 Å². The molecule has 2 rings (SSSR count). The first-order chi connectivity index (χ1) is 6.25. The van der Waals surface area contributed by atoms with Crippen molar-refractivity contribution in [3.63, 3.8) is 0 Å². The normalized spacial score (nSPS) is 22.2. The summed E-state index contributed by atoms with van der Waals surface area (Å²) >= 11 is 0. The van der Waals surface area contributed by atoms with Gasteiger partial charge in [-0.1, -0.05) is 0 Å². The van der Waals surface area contributed by atoms with E-state index >= 15 is 0 Å². The maximum atomic E-state index is 9.30. The largest absolute Gasteiger partial charge is 0.391 e. The first kappa shape index (κ1) is 8.25. The van der Waals surface area contributed by atoms with E-state index in [0.717, 1.165) is 13.0 Å². The molecule has 0 amide bonds. The van der Waals surface area contributed by atoms with E-state index in [0.29, 0.717) is 18.3 Å².